The van der Waals surface area contributed by atoms with Crippen LogP contribution in [0.15, 0.2) is 21.7 Å². The standard InChI is InChI=1S/C13H12F2N2O3/c1-13(3-4-13)16-10-6-9(15)8(14)5-7(10)11(18)17(20-2)12(16)19/h5-6H,3-4H2,1-2H3. The molecule has 106 valence electrons. The summed E-state index contributed by atoms with van der Waals surface area (Å²) in [7, 11) is 1.17. The van der Waals surface area contributed by atoms with Gasteiger partial charge in [0.25, 0.3) is 5.56 Å². The molecule has 0 radical (unpaired) electrons. The van der Waals surface area contributed by atoms with Gasteiger partial charge in [0.15, 0.2) is 11.6 Å². The van der Waals surface area contributed by atoms with Gasteiger partial charge in [-0.25, -0.2) is 13.6 Å². The summed E-state index contributed by atoms with van der Waals surface area (Å²) >= 11 is 0. The van der Waals surface area contributed by atoms with Gasteiger partial charge in [0, 0.05) is 11.6 Å². The second kappa shape index (κ2) is 3.91. The summed E-state index contributed by atoms with van der Waals surface area (Å²) < 4.78 is 28.7. The predicted octanol–water partition coefficient (Wildman–Crippen LogP) is 1.01. The van der Waals surface area contributed by atoms with Crippen LogP contribution in [0.2, 0.25) is 0 Å². The highest BCUT2D eigenvalue weighted by atomic mass is 19.2. The van der Waals surface area contributed by atoms with Crippen LogP contribution in [0.3, 0.4) is 0 Å². The number of hydrogen-bond donors (Lipinski definition) is 0. The molecule has 2 aromatic rings. The molecule has 1 aromatic carbocycles. The number of aromatic nitrogens is 2. The Morgan fingerprint density at radius 2 is 1.80 bits per heavy atom. The van der Waals surface area contributed by atoms with E-state index in [9.17, 15) is 18.4 Å². The first-order valence-electron chi connectivity index (χ1n) is 6.11. The molecule has 1 aromatic heterocycles. The van der Waals surface area contributed by atoms with Crippen molar-refractivity contribution < 1.29 is 13.6 Å². The van der Waals surface area contributed by atoms with Crippen molar-refractivity contribution in [2.45, 2.75) is 25.3 Å². The van der Waals surface area contributed by atoms with Crippen LogP contribution in [0.1, 0.15) is 19.8 Å². The number of hydrogen-bond acceptors (Lipinski definition) is 3. The number of benzene rings is 1. The van der Waals surface area contributed by atoms with Crippen molar-refractivity contribution in [2.24, 2.45) is 0 Å². The van der Waals surface area contributed by atoms with Crippen LogP contribution < -0.4 is 16.1 Å². The van der Waals surface area contributed by atoms with E-state index < -0.39 is 28.4 Å². The van der Waals surface area contributed by atoms with E-state index >= 15 is 0 Å². The highest BCUT2D eigenvalue weighted by molar-refractivity contribution is 5.78. The van der Waals surface area contributed by atoms with Crippen molar-refractivity contribution in [3.63, 3.8) is 0 Å². The molecule has 3 rings (SSSR count). The molecule has 0 atom stereocenters. The SMILES string of the molecule is COn1c(=O)c2cc(F)c(F)cc2n(C2(C)CC2)c1=O. The lowest BCUT2D eigenvalue weighted by Gasteiger charge is -2.18. The maximum absolute atomic E-state index is 13.5. The fourth-order valence-corrected chi connectivity index (χ4v) is 2.37. The van der Waals surface area contributed by atoms with E-state index in [0.717, 1.165) is 25.0 Å². The van der Waals surface area contributed by atoms with E-state index in [2.05, 4.69) is 0 Å². The molecule has 1 fully saturated rings. The number of halogens is 2. The van der Waals surface area contributed by atoms with Crippen molar-refractivity contribution >= 4 is 10.9 Å². The van der Waals surface area contributed by atoms with Crippen molar-refractivity contribution in [3.05, 3.63) is 44.6 Å². The number of fused-ring (bicyclic) bond motifs is 1. The third-order valence-electron chi connectivity index (χ3n) is 3.76. The molecular formula is C13H12F2N2O3. The van der Waals surface area contributed by atoms with Gasteiger partial charge >= 0.3 is 5.69 Å². The molecule has 7 heteroatoms. The maximum Gasteiger partial charge on any atom is 0.365 e. The van der Waals surface area contributed by atoms with Crippen LogP contribution in [0.5, 0.6) is 0 Å². The van der Waals surface area contributed by atoms with E-state index in [1.165, 1.54) is 11.7 Å². The van der Waals surface area contributed by atoms with Crippen molar-refractivity contribution in [2.75, 3.05) is 7.11 Å². The quantitative estimate of drug-likeness (QED) is 0.826. The lowest BCUT2D eigenvalue weighted by molar-refractivity contribution is 0.139. The highest BCUT2D eigenvalue weighted by Gasteiger charge is 2.42. The Kier molecular flexibility index (Phi) is 2.51. The second-order valence-electron chi connectivity index (χ2n) is 5.18. The highest BCUT2D eigenvalue weighted by Crippen LogP contribution is 2.43. The molecule has 1 heterocycles. The minimum Gasteiger partial charge on any atom is -0.409 e. The van der Waals surface area contributed by atoms with E-state index in [4.69, 9.17) is 4.84 Å². The Morgan fingerprint density at radius 1 is 1.20 bits per heavy atom. The van der Waals surface area contributed by atoms with E-state index in [0.29, 0.717) is 4.73 Å². The van der Waals surface area contributed by atoms with Gasteiger partial charge in [0.2, 0.25) is 0 Å². The Balaban J connectivity index is 2.56. The monoisotopic (exact) mass is 282 g/mol. The molecule has 20 heavy (non-hydrogen) atoms. The third kappa shape index (κ3) is 1.59. The topological polar surface area (TPSA) is 53.2 Å². The van der Waals surface area contributed by atoms with Gasteiger partial charge in [-0.1, -0.05) is 4.73 Å². The number of rotatable bonds is 2. The molecule has 1 aliphatic carbocycles. The largest absolute Gasteiger partial charge is 0.409 e. The van der Waals surface area contributed by atoms with Gasteiger partial charge in [-0.05, 0) is 25.8 Å². The molecule has 0 spiro atoms. The lowest BCUT2D eigenvalue weighted by atomic mass is 10.2. The summed E-state index contributed by atoms with van der Waals surface area (Å²) in [5.41, 5.74) is -1.89. The van der Waals surface area contributed by atoms with Gasteiger partial charge in [-0.15, -0.1) is 0 Å². The fraction of sp³-hybridized carbons (Fsp3) is 0.385. The van der Waals surface area contributed by atoms with Crippen LogP contribution in [-0.4, -0.2) is 16.4 Å². The summed E-state index contributed by atoms with van der Waals surface area (Å²) in [5, 5.41) is -0.0847. The molecule has 5 nitrogen and oxygen atoms in total. The molecule has 0 bridgehead atoms. The predicted molar refractivity (Wildman–Crippen MR) is 67.8 cm³/mol. The van der Waals surface area contributed by atoms with Crippen molar-refractivity contribution in [1.29, 1.82) is 0 Å². The summed E-state index contributed by atoms with van der Waals surface area (Å²) in [6.07, 6.45) is 1.45. The van der Waals surface area contributed by atoms with Crippen molar-refractivity contribution in [1.82, 2.24) is 9.30 Å². The first-order valence-corrected chi connectivity index (χ1v) is 6.11. The molecule has 0 saturated heterocycles. The van der Waals surface area contributed by atoms with Crippen LogP contribution in [0.4, 0.5) is 8.78 Å². The first kappa shape index (κ1) is 12.8. The van der Waals surface area contributed by atoms with Crippen LogP contribution in [0.25, 0.3) is 10.9 Å². The summed E-state index contributed by atoms with van der Waals surface area (Å²) in [6, 6.07) is 1.68. The van der Waals surface area contributed by atoms with Gasteiger partial charge in [-0.3, -0.25) is 9.36 Å². The molecule has 0 unspecified atom stereocenters. The van der Waals surface area contributed by atoms with E-state index in [-0.39, 0.29) is 10.9 Å². The Morgan fingerprint density at radius 3 is 2.35 bits per heavy atom. The van der Waals surface area contributed by atoms with Gasteiger partial charge < -0.3 is 4.84 Å². The first-order chi connectivity index (χ1) is 9.39. The van der Waals surface area contributed by atoms with Crippen LogP contribution >= 0.6 is 0 Å². The van der Waals surface area contributed by atoms with Crippen LogP contribution in [0, 0.1) is 11.6 Å². The maximum atomic E-state index is 13.5. The Labute approximate surface area is 112 Å². The van der Waals surface area contributed by atoms with Gasteiger partial charge in [0.1, 0.15) is 7.11 Å². The average Bonchev–Trinajstić information content (AvgIpc) is 3.11. The minimum atomic E-state index is -1.14. The second-order valence-corrected chi connectivity index (χ2v) is 5.18. The summed E-state index contributed by atoms with van der Waals surface area (Å²) in [6.45, 7) is 1.82. The zero-order valence-electron chi connectivity index (χ0n) is 10.9. The van der Waals surface area contributed by atoms with Crippen LogP contribution in [-0.2, 0) is 5.54 Å². The van der Waals surface area contributed by atoms with E-state index in [1.807, 2.05) is 6.92 Å². The fourth-order valence-electron chi connectivity index (χ4n) is 2.37. The normalized spacial score (nSPS) is 16.4. The zero-order chi connectivity index (χ0) is 14.7. The summed E-state index contributed by atoms with van der Waals surface area (Å²) in [4.78, 5) is 29.2. The average molecular weight is 282 g/mol. The molecule has 0 amide bonds. The Bertz CT molecular complexity index is 834. The zero-order valence-corrected chi connectivity index (χ0v) is 10.9. The molecule has 0 N–H and O–H groups in total. The van der Waals surface area contributed by atoms with Gasteiger partial charge in [0.05, 0.1) is 10.9 Å². The minimum absolute atomic E-state index is 0.0847. The molecule has 1 saturated carbocycles. The molecule has 1 aliphatic rings. The van der Waals surface area contributed by atoms with Gasteiger partial charge in [-0.2, -0.15) is 0 Å². The van der Waals surface area contributed by atoms with E-state index in [1.54, 1.807) is 0 Å². The molecule has 0 aliphatic heterocycles. The van der Waals surface area contributed by atoms with Crippen molar-refractivity contribution in [3.8, 4) is 0 Å². The third-order valence-corrected chi connectivity index (χ3v) is 3.76. The number of nitrogens with zero attached hydrogens (tertiary/aromatic N) is 2. The smallest absolute Gasteiger partial charge is 0.365 e. The Hall–Kier alpha value is -2.18. The lowest BCUT2D eigenvalue weighted by Crippen LogP contribution is -2.45. The molecular weight excluding hydrogens is 270 g/mol. The summed E-state index contributed by atoms with van der Waals surface area (Å²) in [5.74, 6) is -2.23.